The topological polar surface area (TPSA) is 52.6 Å². The van der Waals surface area contributed by atoms with Crippen LogP contribution >= 0.6 is 0 Å². The van der Waals surface area contributed by atoms with E-state index in [1.54, 1.807) is 0 Å². The fourth-order valence-corrected chi connectivity index (χ4v) is 4.48. The second-order valence-electron chi connectivity index (χ2n) is 8.90. The molecule has 0 spiro atoms. The third-order valence-corrected chi connectivity index (χ3v) is 6.21. The number of hydrogen-bond donors (Lipinski definition) is 1. The summed E-state index contributed by atoms with van der Waals surface area (Å²) in [6.07, 6.45) is 1.90. The van der Waals surface area contributed by atoms with Crippen LogP contribution < -0.4 is 5.32 Å². The van der Waals surface area contributed by atoms with E-state index < -0.39 is 5.54 Å². The molecule has 1 N–H and O–H groups in total. The summed E-state index contributed by atoms with van der Waals surface area (Å²) in [4.78, 5) is 30.1. The van der Waals surface area contributed by atoms with Gasteiger partial charge >= 0.3 is 6.03 Å². The minimum Gasteiger partial charge on any atom is -0.322 e. The van der Waals surface area contributed by atoms with Crippen molar-refractivity contribution in [2.45, 2.75) is 38.3 Å². The Bertz CT molecular complexity index is 1040. The van der Waals surface area contributed by atoms with Crippen molar-refractivity contribution < 1.29 is 9.59 Å². The molecule has 33 heavy (non-hydrogen) atoms. The Morgan fingerprint density at radius 2 is 1.27 bits per heavy atom. The lowest BCUT2D eigenvalue weighted by atomic mass is 9.84. The van der Waals surface area contributed by atoms with Gasteiger partial charge in [0.15, 0.2) is 0 Å². The van der Waals surface area contributed by atoms with Crippen molar-refractivity contribution in [3.05, 3.63) is 107 Å². The van der Waals surface area contributed by atoms with Gasteiger partial charge < -0.3 is 5.32 Å². The summed E-state index contributed by atoms with van der Waals surface area (Å²) < 4.78 is 0. The first kappa shape index (κ1) is 22.7. The van der Waals surface area contributed by atoms with Crippen molar-refractivity contribution in [3.8, 4) is 0 Å². The molecule has 0 atom stereocenters. The number of rotatable bonds is 9. The number of aryl methyl sites for hydroxylation is 1. The molecule has 3 aromatic rings. The zero-order valence-corrected chi connectivity index (χ0v) is 19.3. The molecule has 5 heteroatoms. The van der Waals surface area contributed by atoms with E-state index in [0.29, 0.717) is 19.4 Å². The lowest BCUT2D eigenvalue weighted by Gasteiger charge is -2.28. The van der Waals surface area contributed by atoms with Crippen LogP contribution in [0.5, 0.6) is 0 Å². The molecule has 4 rings (SSSR count). The van der Waals surface area contributed by atoms with Crippen molar-refractivity contribution in [2.75, 3.05) is 13.7 Å². The van der Waals surface area contributed by atoms with Gasteiger partial charge in [-0.15, -0.1) is 0 Å². The van der Waals surface area contributed by atoms with Gasteiger partial charge in [-0.2, -0.15) is 0 Å². The molecule has 1 fully saturated rings. The summed E-state index contributed by atoms with van der Waals surface area (Å²) in [7, 11) is 1.93. The normalized spacial score (nSPS) is 15.2. The van der Waals surface area contributed by atoms with Crippen LogP contribution in [-0.2, 0) is 30.6 Å². The van der Waals surface area contributed by atoms with Crippen molar-refractivity contribution in [1.82, 2.24) is 15.1 Å². The molecule has 1 aliphatic rings. The molecule has 0 aromatic heterocycles. The molecular weight excluding hydrogens is 410 g/mol. The molecule has 0 unspecified atom stereocenters. The second-order valence-corrected chi connectivity index (χ2v) is 8.90. The molecule has 1 heterocycles. The molecule has 170 valence electrons. The fourth-order valence-electron chi connectivity index (χ4n) is 4.48. The van der Waals surface area contributed by atoms with Crippen LogP contribution in [0.25, 0.3) is 0 Å². The third-order valence-electron chi connectivity index (χ3n) is 6.21. The summed E-state index contributed by atoms with van der Waals surface area (Å²) in [6, 6.07) is 27.9. The van der Waals surface area contributed by atoms with Crippen molar-refractivity contribution in [3.63, 3.8) is 0 Å². The largest absolute Gasteiger partial charge is 0.326 e. The van der Waals surface area contributed by atoms with Crippen LogP contribution in [0.1, 0.15) is 29.2 Å². The van der Waals surface area contributed by atoms with Crippen LogP contribution in [0.4, 0.5) is 4.79 Å². The number of nitrogens with one attached hydrogen (secondary N) is 1. The Hall–Kier alpha value is -3.44. The molecule has 5 nitrogen and oxygen atoms in total. The minimum absolute atomic E-state index is 0.173. The highest BCUT2D eigenvalue weighted by atomic mass is 16.2. The first-order valence-electron chi connectivity index (χ1n) is 11.5. The van der Waals surface area contributed by atoms with E-state index in [9.17, 15) is 9.59 Å². The van der Waals surface area contributed by atoms with Gasteiger partial charge in [0.05, 0.1) is 6.67 Å². The molecule has 0 bridgehead atoms. The number of benzene rings is 3. The predicted octanol–water partition coefficient (Wildman–Crippen LogP) is 4.41. The monoisotopic (exact) mass is 441 g/mol. The third kappa shape index (κ3) is 5.32. The average Bonchev–Trinajstić information content (AvgIpc) is 3.04. The molecule has 0 radical (unpaired) electrons. The molecule has 3 aromatic carbocycles. The summed E-state index contributed by atoms with van der Waals surface area (Å²) in [5.41, 5.74) is 3.49. The van der Waals surface area contributed by atoms with Crippen LogP contribution in [0.15, 0.2) is 84.9 Å². The molecular formula is C28H31N3O2. The first-order valence-corrected chi connectivity index (χ1v) is 11.5. The number of hydrogen-bond acceptors (Lipinski definition) is 3. The predicted molar refractivity (Wildman–Crippen MR) is 131 cm³/mol. The maximum atomic E-state index is 13.7. The Morgan fingerprint density at radius 3 is 1.79 bits per heavy atom. The molecule has 1 saturated heterocycles. The first-order chi connectivity index (χ1) is 16.0. The van der Waals surface area contributed by atoms with E-state index in [0.717, 1.165) is 23.1 Å². The maximum absolute atomic E-state index is 13.7. The van der Waals surface area contributed by atoms with Crippen LogP contribution in [0, 0.1) is 0 Å². The highest BCUT2D eigenvalue weighted by molar-refractivity contribution is 6.07. The van der Waals surface area contributed by atoms with Gasteiger partial charge in [0.25, 0.3) is 5.91 Å². The molecule has 3 amide bonds. The maximum Gasteiger partial charge on any atom is 0.326 e. The zero-order valence-electron chi connectivity index (χ0n) is 19.3. The second kappa shape index (κ2) is 10.0. The Labute approximate surface area is 196 Å². The van der Waals surface area contributed by atoms with E-state index >= 15 is 0 Å². The summed E-state index contributed by atoms with van der Waals surface area (Å²) >= 11 is 0. The summed E-state index contributed by atoms with van der Waals surface area (Å²) in [6.45, 7) is 3.03. The number of carbonyl (C=O) groups is 2. The number of amides is 3. The van der Waals surface area contributed by atoms with Crippen LogP contribution in [0.2, 0.25) is 0 Å². The lowest BCUT2D eigenvalue weighted by molar-refractivity contribution is -0.132. The van der Waals surface area contributed by atoms with Gasteiger partial charge in [-0.1, -0.05) is 91.9 Å². The Balaban J connectivity index is 1.53. The lowest BCUT2D eigenvalue weighted by Crippen LogP contribution is -2.51. The number of carbonyl (C=O) groups excluding carboxylic acids is 2. The number of nitrogens with zero attached hydrogens (tertiary/aromatic N) is 2. The number of imide groups is 1. The zero-order chi connectivity index (χ0) is 23.3. The fraction of sp³-hybridized carbons (Fsp3) is 0.286. The highest BCUT2D eigenvalue weighted by Crippen LogP contribution is 2.27. The van der Waals surface area contributed by atoms with E-state index in [1.807, 2.05) is 72.6 Å². The van der Waals surface area contributed by atoms with Gasteiger partial charge in [0.1, 0.15) is 5.54 Å². The highest BCUT2D eigenvalue weighted by Gasteiger charge is 2.51. The molecule has 0 saturated carbocycles. The summed E-state index contributed by atoms with van der Waals surface area (Å²) in [5, 5.41) is 3.06. The minimum atomic E-state index is -0.997. The standard InChI is InChI=1S/C28H31N3O2/c1-3-22-14-16-25(17-15-22)20-30(2)21-31-26(32)28(29-27(31)33,18-23-10-6-4-7-11-23)19-24-12-8-5-9-13-24/h4-17H,3,18-21H2,1-2H3,(H,29,33). The SMILES string of the molecule is CCc1ccc(CN(C)CN2C(=O)NC(Cc3ccccc3)(Cc3ccccc3)C2=O)cc1. The van der Waals surface area contributed by atoms with Crippen LogP contribution in [0.3, 0.4) is 0 Å². The van der Waals surface area contributed by atoms with E-state index in [4.69, 9.17) is 0 Å². The molecule has 1 aliphatic heterocycles. The Kier molecular flexibility index (Phi) is 6.90. The average molecular weight is 442 g/mol. The van der Waals surface area contributed by atoms with Gasteiger partial charge in [-0.3, -0.25) is 9.69 Å². The van der Waals surface area contributed by atoms with E-state index in [1.165, 1.54) is 10.5 Å². The number of urea groups is 1. The van der Waals surface area contributed by atoms with Crippen molar-refractivity contribution >= 4 is 11.9 Å². The van der Waals surface area contributed by atoms with Gasteiger partial charge in [-0.25, -0.2) is 9.69 Å². The van der Waals surface area contributed by atoms with Crippen LogP contribution in [-0.4, -0.2) is 41.0 Å². The molecule has 0 aliphatic carbocycles. The van der Waals surface area contributed by atoms with Gasteiger partial charge in [0, 0.05) is 19.4 Å². The quantitative estimate of drug-likeness (QED) is 0.501. The van der Waals surface area contributed by atoms with Crippen molar-refractivity contribution in [1.29, 1.82) is 0 Å². The summed E-state index contributed by atoms with van der Waals surface area (Å²) in [5.74, 6) is -0.173. The Morgan fingerprint density at radius 1 is 0.758 bits per heavy atom. The van der Waals surface area contributed by atoms with E-state index in [2.05, 4.69) is 36.5 Å². The smallest absolute Gasteiger partial charge is 0.322 e. The van der Waals surface area contributed by atoms with Gasteiger partial charge in [0.2, 0.25) is 0 Å². The van der Waals surface area contributed by atoms with Gasteiger partial charge in [-0.05, 0) is 35.7 Å². The van der Waals surface area contributed by atoms with E-state index in [-0.39, 0.29) is 18.6 Å². The van der Waals surface area contributed by atoms with Crippen molar-refractivity contribution in [2.24, 2.45) is 0 Å².